The summed E-state index contributed by atoms with van der Waals surface area (Å²) in [5.74, 6) is 0.720. The number of aryl methyl sites for hydroxylation is 2. The van der Waals surface area contributed by atoms with Crippen LogP contribution in [0.25, 0.3) is 22.3 Å². The second kappa shape index (κ2) is 7.71. The Kier molecular flexibility index (Phi) is 4.95. The zero-order valence-corrected chi connectivity index (χ0v) is 16.3. The van der Waals surface area contributed by atoms with Crippen molar-refractivity contribution in [1.82, 2.24) is 15.1 Å². The molecule has 0 saturated carbocycles. The molecular weight excluding hydrogens is 370 g/mol. The summed E-state index contributed by atoms with van der Waals surface area (Å²) in [5.41, 5.74) is 3.44. The second-order valence-corrected chi connectivity index (χ2v) is 6.50. The van der Waals surface area contributed by atoms with Gasteiger partial charge < -0.3 is 14.0 Å². The van der Waals surface area contributed by atoms with Gasteiger partial charge in [0.15, 0.2) is 6.61 Å². The van der Waals surface area contributed by atoms with Gasteiger partial charge in [-0.25, -0.2) is 4.79 Å². The fourth-order valence-electron chi connectivity index (χ4n) is 3.28. The van der Waals surface area contributed by atoms with Crippen molar-refractivity contribution in [2.45, 2.75) is 20.5 Å². The van der Waals surface area contributed by atoms with Crippen molar-refractivity contribution in [3.8, 4) is 17.1 Å². The van der Waals surface area contributed by atoms with Gasteiger partial charge in [-0.2, -0.15) is 4.98 Å². The lowest BCUT2D eigenvalue weighted by Gasteiger charge is -2.11. The Balaban J connectivity index is 1.54. The molecule has 2 aromatic carbocycles. The first-order valence-electron chi connectivity index (χ1n) is 9.07. The molecular formula is C22H19N3O4. The van der Waals surface area contributed by atoms with Crippen LogP contribution < -0.4 is 4.74 Å². The molecule has 0 aliphatic heterocycles. The number of hydrogen-bond donors (Lipinski definition) is 0. The number of carbonyl (C=O) groups is 1. The van der Waals surface area contributed by atoms with Crippen molar-refractivity contribution in [3.63, 3.8) is 0 Å². The fraction of sp³-hybridized carbons (Fsp3) is 0.182. The van der Waals surface area contributed by atoms with Gasteiger partial charge in [0.05, 0.1) is 29.4 Å². The molecule has 0 saturated heterocycles. The van der Waals surface area contributed by atoms with Gasteiger partial charge in [0, 0.05) is 5.39 Å². The predicted molar refractivity (Wildman–Crippen MR) is 107 cm³/mol. The molecule has 0 radical (unpaired) electrons. The maximum atomic E-state index is 12.7. The zero-order chi connectivity index (χ0) is 20.4. The van der Waals surface area contributed by atoms with Crippen LogP contribution in [-0.2, 0) is 11.3 Å². The first kappa shape index (κ1) is 18.6. The Morgan fingerprint density at radius 2 is 1.79 bits per heavy atom. The Morgan fingerprint density at radius 3 is 2.62 bits per heavy atom. The average Bonchev–Trinajstić information content (AvgIpc) is 3.21. The van der Waals surface area contributed by atoms with Crippen molar-refractivity contribution in [3.05, 3.63) is 71.2 Å². The highest BCUT2D eigenvalue weighted by Gasteiger charge is 2.19. The number of methoxy groups -OCH3 is 1. The average molecular weight is 389 g/mol. The number of nitrogens with zero attached hydrogens (tertiary/aromatic N) is 3. The van der Waals surface area contributed by atoms with Gasteiger partial charge in [0.2, 0.25) is 5.82 Å². The quantitative estimate of drug-likeness (QED) is 0.471. The van der Waals surface area contributed by atoms with Crippen molar-refractivity contribution < 1.29 is 18.8 Å². The van der Waals surface area contributed by atoms with Crippen LogP contribution in [0.5, 0.6) is 5.75 Å². The topological polar surface area (TPSA) is 87.3 Å². The fourth-order valence-corrected chi connectivity index (χ4v) is 3.28. The molecule has 146 valence electrons. The van der Waals surface area contributed by atoms with E-state index in [1.807, 2.05) is 55.5 Å². The molecule has 0 unspecified atom stereocenters. The molecule has 29 heavy (non-hydrogen) atoms. The minimum absolute atomic E-state index is 0.132. The highest BCUT2D eigenvalue weighted by atomic mass is 16.6. The monoisotopic (exact) mass is 389 g/mol. The molecule has 0 aliphatic carbocycles. The largest absolute Gasteiger partial charge is 0.496 e. The summed E-state index contributed by atoms with van der Waals surface area (Å²) in [4.78, 5) is 21.5. The van der Waals surface area contributed by atoms with Gasteiger partial charge in [0.25, 0.3) is 5.89 Å². The van der Waals surface area contributed by atoms with E-state index in [1.54, 1.807) is 14.0 Å². The van der Waals surface area contributed by atoms with Gasteiger partial charge in [-0.1, -0.05) is 35.5 Å². The van der Waals surface area contributed by atoms with Crippen LogP contribution in [0.4, 0.5) is 0 Å². The highest BCUT2D eigenvalue weighted by molar-refractivity contribution is 5.98. The summed E-state index contributed by atoms with van der Waals surface area (Å²) in [6, 6.07) is 15.0. The van der Waals surface area contributed by atoms with Crippen molar-refractivity contribution in [2.75, 3.05) is 7.11 Å². The number of benzene rings is 2. The lowest BCUT2D eigenvalue weighted by atomic mass is 10.0. The van der Waals surface area contributed by atoms with E-state index < -0.39 is 5.97 Å². The van der Waals surface area contributed by atoms with E-state index in [1.165, 1.54) is 0 Å². The minimum atomic E-state index is -0.477. The zero-order valence-electron chi connectivity index (χ0n) is 16.3. The van der Waals surface area contributed by atoms with Crippen molar-refractivity contribution in [2.24, 2.45) is 0 Å². The van der Waals surface area contributed by atoms with Gasteiger partial charge in [-0.05, 0) is 37.6 Å². The molecule has 0 fully saturated rings. The Morgan fingerprint density at radius 1 is 1.03 bits per heavy atom. The maximum absolute atomic E-state index is 12.7. The first-order chi connectivity index (χ1) is 14.1. The molecule has 2 aromatic heterocycles. The van der Waals surface area contributed by atoms with Crippen LogP contribution in [0.2, 0.25) is 0 Å². The number of para-hydroxylation sites is 2. The molecule has 7 nitrogen and oxygen atoms in total. The van der Waals surface area contributed by atoms with Crippen molar-refractivity contribution in [1.29, 1.82) is 0 Å². The van der Waals surface area contributed by atoms with E-state index in [4.69, 9.17) is 14.0 Å². The molecule has 0 aliphatic rings. The minimum Gasteiger partial charge on any atom is -0.496 e. The van der Waals surface area contributed by atoms with Gasteiger partial charge in [-0.15, -0.1) is 0 Å². The molecule has 0 spiro atoms. The second-order valence-electron chi connectivity index (χ2n) is 6.50. The number of rotatable bonds is 5. The van der Waals surface area contributed by atoms with E-state index in [2.05, 4.69) is 15.1 Å². The van der Waals surface area contributed by atoms with E-state index >= 15 is 0 Å². The molecule has 0 N–H and O–H groups in total. The first-order valence-corrected chi connectivity index (χ1v) is 9.07. The lowest BCUT2D eigenvalue weighted by molar-refractivity contribution is 0.0428. The number of esters is 1. The van der Waals surface area contributed by atoms with E-state index in [0.717, 1.165) is 16.5 Å². The van der Waals surface area contributed by atoms with E-state index in [0.29, 0.717) is 28.4 Å². The smallest absolute Gasteiger partial charge is 0.340 e. The number of fused-ring (bicyclic) bond motifs is 1. The van der Waals surface area contributed by atoms with Crippen molar-refractivity contribution >= 4 is 16.9 Å². The molecule has 7 heteroatoms. The number of hydrogen-bond acceptors (Lipinski definition) is 7. The Labute approximate surface area is 167 Å². The highest BCUT2D eigenvalue weighted by Crippen LogP contribution is 2.27. The van der Waals surface area contributed by atoms with Gasteiger partial charge >= 0.3 is 5.97 Å². The molecule has 2 heterocycles. The van der Waals surface area contributed by atoms with Crippen LogP contribution in [0.15, 0.2) is 53.1 Å². The summed E-state index contributed by atoms with van der Waals surface area (Å²) in [6.07, 6.45) is 0. The van der Waals surface area contributed by atoms with Crippen LogP contribution in [-0.4, -0.2) is 28.2 Å². The van der Waals surface area contributed by atoms with Gasteiger partial charge in [-0.3, -0.25) is 4.98 Å². The van der Waals surface area contributed by atoms with Crippen LogP contribution >= 0.6 is 0 Å². The molecule has 4 aromatic rings. The maximum Gasteiger partial charge on any atom is 0.340 e. The molecule has 0 amide bonds. The van der Waals surface area contributed by atoms with Crippen LogP contribution in [0.1, 0.15) is 27.5 Å². The van der Waals surface area contributed by atoms with E-state index in [-0.39, 0.29) is 12.5 Å². The lowest BCUT2D eigenvalue weighted by Crippen LogP contribution is -2.11. The Bertz CT molecular complexity index is 1200. The third kappa shape index (κ3) is 3.54. The Hall–Kier alpha value is -3.74. The van der Waals surface area contributed by atoms with Crippen LogP contribution in [0, 0.1) is 13.8 Å². The normalized spacial score (nSPS) is 10.9. The third-order valence-electron chi connectivity index (χ3n) is 4.68. The van der Waals surface area contributed by atoms with Crippen LogP contribution in [0.3, 0.4) is 0 Å². The predicted octanol–water partition coefficient (Wildman–Crippen LogP) is 4.27. The number of aromatic nitrogens is 3. The summed E-state index contributed by atoms with van der Waals surface area (Å²) >= 11 is 0. The summed E-state index contributed by atoms with van der Waals surface area (Å²) in [6.45, 7) is 3.55. The summed E-state index contributed by atoms with van der Waals surface area (Å²) in [5, 5.41) is 4.87. The SMILES string of the molecule is COc1ccccc1-c1noc(COC(=O)c2c(C)nc3ccccc3c2C)n1. The number of carbonyl (C=O) groups excluding carboxylic acids is 1. The van der Waals surface area contributed by atoms with E-state index in [9.17, 15) is 4.79 Å². The molecule has 0 atom stereocenters. The third-order valence-corrected chi connectivity index (χ3v) is 4.68. The molecule has 4 rings (SSSR count). The number of pyridine rings is 1. The standard InChI is InChI=1S/C22H19N3O4/c1-13-15-8-4-6-10-17(15)23-14(2)20(13)22(26)28-12-19-24-21(25-29-19)16-9-5-7-11-18(16)27-3/h4-11H,12H2,1-3H3. The van der Waals surface area contributed by atoms with Gasteiger partial charge in [0.1, 0.15) is 5.75 Å². The number of ether oxygens (including phenoxy) is 2. The summed E-state index contributed by atoms with van der Waals surface area (Å²) in [7, 11) is 1.57. The molecule has 0 bridgehead atoms. The summed E-state index contributed by atoms with van der Waals surface area (Å²) < 4.78 is 16.0.